The van der Waals surface area contributed by atoms with Gasteiger partial charge in [-0.25, -0.2) is 0 Å². The largest absolute Gasteiger partial charge is 0.397 e. The Labute approximate surface area is 126 Å². The van der Waals surface area contributed by atoms with Crippen LogP contribution in [0.2, 0.25) is 5.02 Å². The van der Waals surface area contributed by atoms with Gasteiger partial charge in [-0.2, -0.15) is 0 Å². The van der Waals surface area contributed by atoms with Gasteiger partial charge >= 0.3 is 0 Å². The third kappa shape index (κ3) is 2.68. The van der Waals surface area contributed by atoms with Crippen molar-refractivity contribution in [2.45, 2.75) is 25.7 Å². The first-order valence-corrected chi connectivity index (χ1v) is 7.32. The van der Waals surface area contributed by atoms with Crippen LogP contribution in [0.3, 0.4) is 0 Å². The Morgan fingerprint density at radius 1 is 1.48 bits per heavy atom. The lowest BCUT2D eigenvalue weighted by Crippen LogP contribution is -2.31. The van der Waals surface area contributed by atoms with Gasteiger partial charge in [-0.05, 0) is 37.0 Å². The predicted octanol–water partition coefficient (Wildman–Crippen LogP) is 2.75. The maximum absolute atomic E-state index is 12.2. The van der Waals surface area contributed by atoms with Crippen LogP contribution < -0.4 is 11.1 Å². The highest BCUT2D eigenvalue weighted by Gasteiger charge is 2.53. The topological polar surface area (TPSA) is 98.3 Å². The maximum Gasteiger partial charge on any atom is 0.271 e. The molecule has 2 fully saturated rings. The van der Waals surface area contributed by atoms with Gasteiger partial charge in [0.15, 0.2) is 0 Å². The zero-order chi connectivity index (χ0) is 15.2. The van der Waals surface area contributed by atoms with Crippen LogP contribution in [0.4, 0.5) is 11.4 Å². The first kappa shape index (κ1) is 14.1. The van der Waals surface area contributed by atoms with E-state index in [1.165, 1.54) is 18.9 Å². The highest BCUT2D eigenvalue weighted by molar-refractivity contribution is 6.34. The molecule has 0 aromatic heterocycles. The highest BCUT2D eigenvalue weighted by Crippen LogP contribution is 2.60. The number of carbonyl (C=O) groups excluding carboxylic acids is 1. The number of nitro benzene ring substituents is 1. The van der Waals surface area contributed by atoms with Gasteiger partial charge in [-0.3, -0.25) is 14.9 Å². The number of nitrogen functional groups attached to an aromatic ring is 1. The normalized spacial score (nSPS) is 19.1. The van der Waals surface area contributed by atoms with Gasteiger partial charge in [0.2, 0.25) is 0 Å². The van der Waals surface area contributed by atoms with E-state index in [-0.39, 0.29) is 27.4 Å². The number of non-ortho nitro benzene ring substituents is 1. The summed E-state index contributed by atoms with van der Waals surface area (Å²) < 4.78 is 0. The number of amides is 1. The van der Waals surface area contributed by atoms with Crippen LogP contribution in [-0.2, 0) is 0 Å². The zero-order valence-electron chi connectivity index (χ0n) is 11.4. The molecule has 0 atom stereocenters. The summed E-state index contributed by atoms with van der Waals surface area (Å²) in [6.07, 6.45) is 4.76. The smallest absolute Gasteiger partial charge is 0.271 e. The number of hydrogen-bond acceptors (Lipinski definition) is 4. The number of nitro groups is 1. The lowest BCUT2D eigenvalue weighted by Gasteiger charge is -2.15. The van der Waals surface area contributed by atoms with Crippen molar-refractivity contribution in [3.63, 3.8) is 0 Å². The van der Waals surface area contributed by atoms with Crippen molar-refractivity contribution in [3.8, 4) is 0 Å². The summed E-state index contributed by atoms with van der Waals surface area (Å²) in [6.45, 7) is 0.607. The molecule has 0 aliphatic heterocycles. The van der Waals surface area contributed by atoms with Crippen molar-refractivity contribution in [2.75, 3.05) is 12.3 Å². The van der Waals surface area contributed by atoms with E-state index in [0.29, 0.717) is 6.54 Å². The summed E-state index contributed by atoms with van der Waals surface area (Å²) >= 11 is 5.86. The Hall–Kier alpha value is -1.82. The molecule has 7 heteroatoms. The van der Waals surface area contributed by atoms with Crippen molar-refractivity contribution in [3.05, 3.63) is 32.8 Å². The summed E-state index contributed by atoms with van der Waals surface area (Å²) in [5, 5.41) is 13.7. The van der Waals surface area contributed by atoms with Gasteiger partial charge in [-0.1, -0.05) is 11.6 Å². The molecule has 21 heavy (non-hydrogen) atoms. The molecular formula is C14H16ClN3O3. The number of rotatable bonds is 5. The van der Waals surface area contributed by atoms with Crippen molar-refractivity contribution >= 4 is 28.9 Å². The van der Waals surface area contributed by atoms with Gasteiger partial charge in [0.05, 0.1) is 21.2 Å². The fourth-order valence-electron chi connectivity index (χ4n) is 2.83. The molecule has 3 rings (SSSR count). The van der Waals surface area contributed by atoms with Gasteiger partial charge in [0.1, 0.15) is 0 Å². The highest BCUT2D eigenvalue weighted by atomic mass is 35.5. The Kier molecular flexibility index (Phi) is 3.28. The average molecular weight is 310 g/mol. The summed E-state index contributed by atoms with van der Waals surface area (Å²) in [5.41, 5.74) is 5.94. The van der Waals surface area contributed by atoms with Crippen LogP contribution in [-0.4, -0.2) is 17.4 Å². The van der Waals surface area contributed by atoms with Gasteiger partial charge in [0.25, 0.3) is 11.6 Å². The van der Waals surface area contributed by atoms with E-state index in [1.807, 2.05) is 0 Å². The van der Waals surface area contributed by atoms with Gasteiger partial charge in [-0.15, -0.1) is 0 Å². The van der Waals surface area contributed by atoms with Gasteiger partial charge in [0, 0.05) is 18.7 Å². The van der Waals surface area contributed by atoms with E-state index < -0.39 is 10.8 Å². The van der Waals surface area contributed by atoms with Crippen LogP contribution in [0.15, 0.2) is 12.1 Å². The Bertz CT molecular complexity index is 624. The number of benzene rings is 1. The monoisotopic (exact) mass is 309 g/mol. The summed E-state index contributed by atoms with van der Waals surface area (Å²) in [6, 6.07) is 2.33. The Morgan fingerprint density at radius 3 is 2.67 bits per heavy atom. The first-order valence-electron chi connectivity index (χ1n) is 6.94. The van der Waals surface area contributed by atoms with Crippen molar-refractivity contribution in [1.82, 2.24) is 5.32 Å². The predicted molar refractivity (Wildman–Crippen MR) is 79.2 cm³/mol. The van der Waals surface area contributed by atoms with E-state index in [2.05, 4.69) is 5.32 Å². The van der Waals surface area contributed by atoms with Crippen LogP contribution in [0.5, 0.6) is 0 Å². The quantitative estimate of drug-likeness (QED) is 0.496. The van der Waals surface area contributed by atoms with Crippen LogP contribution in [0, 0.1) is 21.4 Å². The molecule has 0 unspecified atom stereocenters. The molecule has 2 saturated carbocycles. The second-order valence-electron chi connectivity index (χ2n) is 5.97. The molecule has 0 spiro atoms. The maximum atomic E-state index is 12.2. The van der Waals surface area contributed by atoms with Crippen LogP contribution in [0.25, 0.3) is 0 Å². The minimum absolute atomic E-state index is 0.0256. The molecule has 0 heterocycles. The molecule has 112 valence electrons. The molecule has 2 aliphatic carbocycles. The first-order chi connectivity index (χ1) is 9.93. The fourth-order valence-corrected chi connectivity index (χ4v) is 3.05. The minimum atomic E-state index is -0.589. The number of nitrogens with two attached hydrogens (primary N) is 1. The summed E-state index contributed by atoms with van der Waals surface area (Å²) in [7, 11) is 0. The standard InChI is InChI=1S/C14H16ClN3O3/c15-11-6-9(18(20)21)5-10(12(11)16)13(19)17-7-14(3-4-14)8-1-2-8/h5-6,8H,1-4,7,16H2,(H,17,19). The lowest BCUT2D eigenvalue weighted by molar-refractivity contribution is -0.384. The van der Waals surface area contributed by atoms with E-state index >= 15 is 0 Å². The van der Waals surface area contributed by atoms with Crippen LogP contribution in [0.1, 0.15) is 36.0 Å². The third-order valence-corrected chi connectivity index (χ3v) is 4.82. The fraction of sp³-hybridized carbons (Fsp3) is 0.500. The molecule has 0 radical (unpaired) electrons. The van der Waals surface area contributed by atoms with Crippen molar-refractivity contribution in [2.24, 2.45) is 11.3 Å². The molecule has 3 N–H and O–H groups in total. The van der Waals surface area contributed by atoms with Crippen LogP contribution >= 0.6 is 11.6 Å². The van der Waals surface area contributed by atoms with E-state index in [0.717, 1.165) is 24.8 Å². The second-order valence-corrected chi connectivity index (χ2v) is 6.37. The average Bonchev–Trinajstić information content (AvgIpc) is 3.30. The molecule has 0 bridgehead atoms. The Balaban J connectivity index is 1.76. The molecule has 1 amide bonds. The second kappa shape index (κ2) is 4.87. The number of carbonyl (C=O) groups is 1. The van der Waals surface area contributed by atoms with Crippen molar-refractivity contribution in [1.29, 1.82) is 0 Å². The zero-order valence-corrected chi connectivity index (χ0v) is 12.2. The van der Waals surface area contributed by atoms with E-state index in [4.69, 9.17) is 17.3 Å². The molecule has 1 aromatic carbocycles. The molecule has 1 aromatic rings. The lowest BCUT2D eigenvalue weighted by atomic mass is 10.0. The van der Waals surface area contributed by atoms with Crippen molar-refractivity contribution < 1.29 is 9.72 Å². The summed E-state index contributed by atoms with van der Waals surface area (Å²) in [5.74, 6) is 0.328. The molecule has 0 saturated heterocycles. The number of halogens is 1. The SMILES string of the molecule is Nc1c(Cl)cc([N+](=O)[O-])cc1C(=O)NCC1(C2CC2)CC1. The van der Waals surface area contributed by atoms with E-state index in [1.54, 1.807) is 0 Å². The molecule has 6 nitrogen and oxygen atoms in total. The summed E-state index contributed by atoms with van der Waals surface area (Å²) in [4.78, 5) is 22.5. The number of hydrogen-bond donors (Lipinski definition) is 2. The van der Waals surface area contributed by atoms with Gasteiger partial charge < -0.3 is 11.1 Å². The van der Waals surface area contributed by atoms with E-state index in [9.17, 15) is 14.9 Å². The number of nitrogens with zero attached hydrogens (tertiary/aromatic N) is 1. The Morgan fingerprint density at radius 2 is 2.14 bits per heavy atom. The molecule has 2 aliphatic rings. The number of nitrogens with one attached hydrogen (secondary N) is 1. The molecular weight excluding hydrogens is 294 g/mol. The number of anilines is 1. The third-order valence-electron chi connectivity index (χ3n) is 4.51. The minimum Gasteiger partial charge on any atom is -0.397 e.